The van der Waals surface area contributed by atoms with Gasteiger partial charge in [-0.3, -0.25) is 0 Å². The molecule has 0 unspecified atom stereocenters. The number of hydrogen-bond donors (Lipinski definition) is 0. The molecule has 0 bridgehead atoms. The molecule has 0 saturated heterocycles. The van der Waals surface area contributed by atoms with Gasteiger partial charge in [-0.1, -0.05) is 13.1 Å². The zero-order valence-electron chi connectivity index (χ0n) is 7.87. The highest BCUT2D eigenvalue weighted by molar-refractivity contribution is 7.21. The third kappa shape index (κ3) is 22.5. The van der Waals surface area contributed by atoms with E-state index in [0.717, 1.165) is 12.1 Å². The van der Waals surface area contributed by atoms with E-state index >= 15 is 0 Å². The van der Waals surface area contributed by atoms with Gasteiger partial charge in [-0.15, -0.1) is 23.2 Å². The lowest BCUT2D eigenvalue weighted by Crippen LogP contribution is -2.18. The third-order valence-electron chi connectivity index (χ3n) is 0.743. The fraction of sp³-hybridized carbons (Fsp3) is 1.00. The average molecular weight is 268 g/mol. The van der Waals surface area contributed by atoms with Crippen LogP contribution in [0.2, 0.25) is 13.1 Å². The van der Waals surface area contributed by atoms with Gasteiger partial charge in [0.1, 0.15) is 0 Å². The molecule has 0 aliphatic rings. The molecule has 0 atom stereocenters. The third-order valence-corrected chi connectivity index (χ3v) is 5.51. The molecule has 0 aromatic heterocycles. The van der Waals surface area contributed by atoms with Gasteiger partial charge in [-0.05, 0) is 6.92 Å². The van der Waals surface area contributed by atoms with Crippen molar-refractivity contribution in [3.63, 3.8) is 0 Å². The lowest BCUT2D eigenvalue weighted by Gasteiger charge is -2.03. The predicted molar refractivity (Wildman–Crippen MR) is 64.9 cm³/mol. The maximum atomic E-state index is 5.72. The van der Waals surface area contributed by atoms with Gasteiger partial charge < -0.3 is 4.43 Å². The summed E-state index contributed by atoms with van der Waals surface area (Å²) in [6, 6.07) is 0. The highest BCUT2D eigenvalue weighted by Crippen LogP contribution is 2.07. The molecule has 0 aromatic carbocycles. The topological polar surface area (TPSA) is 9.23 Å². The van der Waals surface area contributed by atoms with Gasteiger partial charge >= 0.3 is 0 Å². The second-order valence-corrected chi connectivity index (χ2v) is 12.6. The van der Waals surface area contributed by atoms with Crippen molar-refractivity contribution in [2.24, 2.45) is 0 Å². The minimum atomic E-state index is -1.39. The Kier molecular flexibility index (Phi) is 13.6. The fourth-order valence-corrected chi connectivity index (χ4v) is 0.924. The first kappa shape index (κ1) is 15.7. The molecule has 1 nitrogen and oxygen atoms in total. The van der Waals surface area contributed by atoms with E-state index in [4.69, 9.17) is 38.7 Å². The highest BCUT2D eigenvalue weighted by Gasteiger charge is 2.13. The average Bonchev–Trinajstić information content (AvgIpc) is 2.01. The molecule has 12 heavy (non-hydrogen) atoms. The molecule has 0 aliphatic carbocycles. The number of hydrogen-bond acceptors (Lipinski definition) is 1. The Labute approximate surface area is 93.4 Å². The predicted octanol–water partition coefficient (Wildman–Crippen LogP) is 2.51. The molecule has 0 amide bonds. The molecule has 76 valence electrons. The highest BCUT2D eigenvalue weighted by atomic mass is 35.6. The summed E-state index contributed by atoms with van der Waals surface area (Å²) in [5.41, 5.74) is 1.39. The molecular formula is C6H17Cl3OSi2. The summed E-state index contributed by atoms with van der Waals surface area (Å²) >= 11 is 16.4. The minimum absolute atomic E-state index is 0.313. The van der Waals surface area contributed by atoms with E-state index in [2.05, 4.69) is 0 Å². The quantitative estimate of drug-likeness (QED) is 0.329. The molecule has 0 aliphatic heterocycles. The van der Waals surface area contributed by atoms with Crippen LogP contribution in [0.15, 0.2) is 0 Å². The molecule has 0 aromatic rings. The Morgan fingerprint density at radius 1 is 1.33 bits per heavy atom. The maximum absolute atomic E-state index is 5.72. The molecule has 0 N–H and O–H groups in total. The van der Waals surface area contributed by atoms with Crippen molar-refractivity contribution in [3.8, 4) is 0 Å². The standard InChI is InChI=1S/C3H8Cl2Si.C3H9ClOSi/c1-6(2,5)3-4;1-2-5-6-3-4/h3H2,1-2H3;2-3,6H2,1H3. The van der Waals surface area contributed by atoms with Gasteiger partial charge in [0.25, 0.3) is 0 Å². The van der Waals surface area contributed by atoms with Gasteiger partial charge in [-0.2, -0.15) is 11.1 Å². The zero-order chi connectivity index (χ0) is 10.0. The summed E-state index contributed by atoms with van der Waals surface area (Å²) in [4.78, 5) is 0. The Morgan fingerprint density at radius 2 is 1.75 bits per heavy atom. The summed E-state index contributed by atoms with van der Waals surface area (Å²) in [5, 5.41) is 0. The van der Waals surface area contributed by atoms with Gasteiger partial charge in [-0.25, -0.2) is 0 Å². The summed E-state index contributed by atoms with van der Waals surface area (Å²) in [6.45, 7) is 6.85. The van der Waals surface area contributed by atoms with Gasteiger partial charge in [0.15, 0.2) is 17.1 Å². The molecule has 0 heterocycles. The minimum Gasteiger partial charge on any atom is -0.423 e. The van der Waals surface area contributed by atoms with Crippen LogP contribution in [0.5, 0.6) is 0 Å². The van der Waals surface area contributed by atoms with E-state index in [1.165, 1.54) is 0 Å². The van der Waals surface area contributed by atoms with E-state index in [1.807, 2.05) is 20.0 Å². The lowest BCUT2D eigenvalue weighted by molar-refractivity contribution is 0.363. The van der Waals surface area contributed by atoms with Gasteiger partial charge in [0.05, 0.1) is 0 Å². The SMILES string of the molecule is CCO[SiH2]CCl.C[Si](C)(Cl)CCl. The lowest BCUT2D eigenvalue weighted by atomic mass is 10.9. The number of halogens is 3. The van der Waals surface area contributed by atoms with Crippen LogP contribution >= 0.6 is 34.3 Å². The normalized spacial score (nSPS) is 11.5. The van der Waals surface area contributed by atoms with Crippen LogP contribution in [0.4, 0.5) is 0 Å². The Morgan fingerprint density at radius 3 is 1.83 bits per heavy atom. The van der Waals surface area contributed by atoms with Gasteiger partial charge in [0.2, 0.25) is 0 Å². The van der Waals surface area contributed by atoms with Crippen molar-refractivity contribution >= 4 is 51.4 Å². The van der Waals surface area contributed by atoms with Crippen LogP contribution in [0.25, 0.3) is 0 Å². The van der Waals surface area contributed by atoms with E-state index in [0.29, 0.717) is 5.50 Å². The van der Waals surface area contributed by atoms with E-state index in [-0.39, 0.29) is 9.76 Å². The second-order valence-electron chi connectivity index (χ2n) is 2.74. The summed E-state index contributed by atoms with van der Waals surface area (Å²) < 4.78 is 4.99. The van der Waals surface area contributed by atoms with Crippen LogP contribution in [-0.4, -0.2) is 34.8 Å². The van der Waals surface area contributed by atoms with Crippen molar-refractivity contribution in [1.82, 2.24) is 0 Å². The molecule has 0 radical (unpaired) electrons. The molecule has 0 spiro atoms. The van der Waals surface area contributed by atoms with E-state index in [1.54, 1.807) is 0 Å². The summed E-state index contributed by atoms with van der Waals surface area (Å²) in [6.07, 6.45) is 0. The van der Waals surface area contributed by atoms with Crippen LogP contribution < -0.4 is 0 Å². The van der Waals surface area contributed by atoms with Crippen molar-refractivity contribution in [1.29, 1.82) is 0 Å². The van der Waals surface area contributed by atoms with Crippen LogP contribution in [-0.2, 0) is 4.43 Å². The van der Waals surface area contributed by atoms with Crippen molar-refractivity contribution < 1.29 is 4.43 Å². The van der Waals surface area contributed by atoms with E-state index in [9.17, 15) is 0 Å². The Hall–Kier alpha value is 1.26. The van der Waals surface area contributed by atoms with Crippen LogP contribution in [0.1, 0.15) is 6.92 Å². The molecule has 6 heteroatoms. The van der Waals surface area contributed by atoms with Crippen LogP contribution in [0.3, 0.4) is 0 Å². The Balaban J connectivity index is 0. The van der Waals surface area contributed by atoms with Crippen molar-refractivity contribution in [3.05, 3.63) is 0 Å². The molecular weight excluding hydrogens is 251 g/mol. The molecule has 0 rings (SSSR count). The maximum Gasteiger partial charge on any atom is 0.176 e. The first-order valence-corrected chi connectivity index (χ1v) is 10.7. The summed E-state index contributed by atoms with van der Waals surface area (Å²) in [5.74, 6) is 0. The largest absolute Gasteiger partial charge is 0.423 e. The monoisotopic (exact) mass is 266 g/mol. The van der Waals surface area contributed by atoms with Crippen molar-refractivity contribution in [2.75, 3.05) is 17.6 Å². The number of rotatable bonds is 4. The smallest absolute Gasteiger partial charge is 0.176 e. The zero-order valence-corrected chi connectivity index (χ0v) is 12.6. The van der Waals surface area contributed by atoms with Gasteiger partial charge in [0, 0.05) is 17.6 Å². The van der Waals surface area contributed by atoms with E-state index < -0.39 is 7.38 Å². The fourth-order valence-electron chi connectivity index (χ4n) is 0.199. The first-order chi connectivity index (χ1) is 5.47. The van der Waals surface area contributed by atoms with Crippen molar-refractivity contribution in [2.45, 2.75) is 20.0 Å². The van der Waals surface area contributed by atoms with Crippen LogP contribution in [0, 0.1) is 0 Å². The first-order valence-electron chi connectivity index (χ1n) is 3.86. The Bertz CT molecular complexity index is 83.4. The summed E-state index contributed by atoms with van der Waals surface area (Å²) in [7, 11) is -1.71. The number of alkyl halides is 2. The second kappa shape index (κ2) is 10.3. The molecule has 0 saturated carbocycles. The molecule has 0 fully saturated rings.